The fourth-order valence-corrected chi connectivity index (χ4v) is 3.59. The first-order valence-electron chi connectivity index (χ1n) is 9.21. The summed E-state index contributed by atoms with van der Waals surface area (Å²) in [5.41, 5.74) is 3.26. The van der Waals surface area contributed by atoms with E-state index in [4.69, 9.17) is 9.26 Å². The minimum Gasteiger partial charge on any atom is -0.497 e. The number of aryl methyl sites for hydroxylation is 2. The van der Waals surface area contributed by atoms with Crippen molar-refractivity contribution in [3.8, 4) is 5.75 Å². The fraction of sp³-hybridized carbons (Fsp3) is 0.381. The third-order valence-corrected chi connectivity index (χ3v) is 5.26. The maximum Gasteiger partial charge on any atom is 0.259 e. The Bertz CT molecular complexity index is 990. The molecule has 0 aliphatic heterocycles. The Morgan fingerprint density at radius 2 is 1.96 bits per heavy atom. The molecule has 3 aromatic rings. The minimum atomic E-state index is -0.0543. The number of benzene rings is 1. The molecule has 1 atom stereocenters. The number of hydrogen-bond acceptors (Lipinski definition) is 5. The van der Waals surface area contributed by atoms with Crippen molar-refractivity contribution < 1.29 is 14.1 Å². The lowest BCUT2D eigenvalue weighted by molar-refractivity contribution is 0.0977. The molecule has 27 heavy (non-hydrogen) atoms. The molecule has 1 aliphatic rings. The zero-order valence-electron chi connectivity index (χ0n) is 16.0. The summed E-state index contributed by atoms with van der Waals surface area (Å²) < 4.78 is 10.6. The molecule has 0 bridgehead atoms. The van der Waals surface area contributed by atoms with Crippen LogP contribution in [0.1, 0.15) is 41.5 Å². The molecule has 0 N–H and O–H groups in total. The molecular formula is C21H23N3O3. The molecule has 6 nitrogen and oxygen atoms in total. The van der Waals surface area contributed by atoms with Crippen molar-refractivity contribution in [1.82, 2.24) is 10.1 Å². The summed E-state index contributed by atoms with van der Waals surface area (Å²) in [6, 6.07) is 9.56. The summed E-state index contributed by atoms with van der Waals surface area (Å²) in [5.74, 6) is 1.24. The van der Waals surface area contributed by atoms with Gasteiger partial charge in [0.15, 0.2) is 0 Å². The Balaban J connectivity index is 1.82. The summed E-state index contributed by atoms with van der Waals surface area (Å²) in [4.78, 5) is 19.9. The lowest BCUT2D eigenvalue weighted by atomic mass is 10.0. The molecule has 1 saturated carbocycles. The molecule has 140 valence electrons. The first-order valence-corrected chi connectivity index (χ1v) is 9.21. The van der Waals surface area contributed by atoms with Crippen molar-refractivity contribution in [2.75, 3.05) is 12.0 Å². The number of fused-ring (bicyclic) bond motifs is 1. The van der Waals surface area contributed by atoms with Crippen molar-refractivity contribution in [2.24, 2.45) is 5.92 Å². The number of carbonyl (C=O) groups is 1. The van der Waals surface area contributed by atoms with Crippen molar-refractivity contribution in [3.05, 3.63) is 47.3 Å². The van der Waals surface area contributed by atoms with Gasteiger partial charge < -0.3 is 14.2 Å². The third-order valence-electron chi connectivity index (χ3n) is 5.26. The van der Waals surface area contributed by atoms with Gasteiger partial charge in [-0.1, -0.05) is 5.16 Å². The van der Waals surface area contributed by atoms with Crippen molar-refractivity contribution >= 4 is 22.7 Å². The van der Waals surface area contributed by atoms with Gasteiger partial charge in [0, 0.05) is 17.4 Å². The number of carbonyl (C=O) groups excluding carboxylic acids is 1. The molecule has 0 saturated heterocycles. The average Bonchev–Trinajstić information content (AvgIpc) is 3.45. The number of ether oxygens (including phenoxy) is 1. The molecule has 1 fully saturated rings. The summed E-state index contributed by atoms with van der Waals surface area (Å²) in [7, 11) is 1.63. The van der Waals surface area contributed by atoms with E-state index in [2.05, 4.69) is 17.1 Å². The third kappa shape index (κ3) is 3.16. The number of nitrogens with zero attached hydrogens (tertiary/aromatic N) is 3. The van der Waals surface area contributed by atoms with E-state index in [9.17, 15) is 4.79 Å². The van der Waals surface area contributed by atoms with Crippen LogP contribution in [-0.2, 0) is 0 Å². The van der Waals surface area contributed by atoms with E-state index in [0.717, 1.165) is 30.0 Å². The van der Waals surface area contributed by atoms with E-state index >= 15 is 0 Å². The van der Waals surface area contributed by atoms with E-state index in [-0.39, 0.29) is 11.9 Å². The number of amides is 1. The van der Waals surface area contributed by atoms with Crippen LogP contribution in [0.5, 0.6) is 5.75 Å². The van der Waals surface area contributed by atoms with E-state index in [1.807, 2.05) is 49.1 Å². The van der Waals surface area contributed by atoms with Crippen LogP contribution in [0.15, 0.2) is 34.9 Å². The van der Waals surface area contributed by atoms with Crippen LogP contribution in [0.4, 0.5) is 5.69 Å². The average molecular weight is 365 g/mol. The molecule has 1 aromatic carbocycles. The van der Waals surface area contributed by atoms with Gasteiger partial charge >= 0.3 is 0 Å². The van der Waals surface area contributed by atoms with Gasteiger partial charge in [-0.2, -0.15) is 0 Å². The highest BCUT2D eigenvalue weighted by atomic mass is 16.5. The Hall–Kier alpha value is -2.89. The van der Waals surface area contributed by atoms with E-state index < -0.39 is 0 Å². The largest absolute Gasteiger partial charge is 0.497 e. The van der Waals surface area contributed by atoms with Crippen LogP contribution in [-0.4, -0.2) is 29.2 Å². The second-order valence-electron chi connectivity index (χ2n) is 7.21. The number of rotatable bonds is 5. The van der Waals surface area contributed by atoms with Crippen LogP contribution < -0.4 is 9.64 Å². The zero-order chi connectivity index (χ0) is 19.1. The van der Waals surface area contributed by atoms with Gasteiger partial charge in [0.05, 0.1) is 23.8 Å². The number of hydrogen-bond donors (Lipinski definition) is 0. The van der Waals surface area contributed by atoms with E-state index in [0.29, 0.717) is 28.3 Å². The Morgan fingerprint density at radius 1 is 1.26 bits per heavy atom. The second kappa shape index (κ2) is 6.68. The van der Waals surface area contributed by atoms with Gasteiger partial charge in [0.2, 0.25) is 0 Å². The predicted octanol–water partition coefficient (Wildman–Crippen LogP) is 4.29. The molecule has 4 rings (SSSR count). The van der Waals surface area contributed by atoms with Crippen LogP contribution in [0, 0.1) is 19.8 Å². The smallest absolute Gasteiger partial charge is 0.259 e. The quantitative estimate of drug-likeness (QED) is 0.674. The Morgan fingerprint density at radius 3 is 2.59 bits per heavy atom. The van der Waals surface area contributed by atoms with Crippen LogP contribution in [0.25, 0.3) is 11.1 Å². The lowest BCUT2D eigenvalue weighted by Crippen LogP contribution is -2.40. The number of anilines is 1. The van der Waals surface area contributed by atoms with E-state index in [1.165, 1.54) is 0 Å². The molecule has 0 unspecified atom stereocenters. The SMILES string of the molecule is COc1ccc(N(C(=O)c2cc(C)nc3onc(C)c23)[C@@H](C)C2CC2)cc1. The van der Waals surface area contributed by atoms with Crippen LogP contribution in [0.3, 0.4) is 0 Å². The Kier molecular flexibility index (Phi) is 4.34. The number of pyridine rings is 1. The normalized spacial score (nSPS) is 15.0. The van der Waals surface area contributed by atoms with Gasteiger partial charge in [-0.3, -0.25) is 4.79 Å². The molecule has 2 aromatic heterocycles. The summed E-state index contributed by atoms with van der Waals surface area (Å²) in [5, 5.41) is 4.69. The van der Waals surface area contributed by atoms with Crippen LogP contribution in [0.2, 0.25) is 0 Å². The van der Waals surface area contributed by atoms with Gasteiger partial charge in [0.1, 0.15) is 5.75 Å². The van der Waals surface area contributed by atoms with E-state index in [1.54, 1.807) is 7.11 Å². The summed E-state index contributed by atoms with van der Waals surface area (Å²) in [6.07, 6.45) is 2.30. The topological polar surface area (TPSA) is 68.5 Å². The lowest BCUT2D eigenvalue weighted by Gasteiger charge is -2.30. The standard InChI is InChI=1S/C21H23N3O3/c1-12-11-18(19-13(2)23-27-20(19)22-12)21(25)24(14(3)15-5-6-15)16-7-9-17(26-4)10-8-16/h7-11,14-15H,5-6H2,1-4H3/t14-/m0/s1. The summed E-state index contributed by atoms with van der Waals surface area (Å²) in [6.45, 7) is 5.81. The van der Waals surface area contributed by atoms with Crippen LogP contribution >= 0.6 is 0 Å². The highest BCUT2D eigenvalue weighted by molar-refractivity contribution is 6.13. The monoisotopic (exact) mass is 365 g/mol. The predicted molar refractivity (Wildman–Crippen MR) is 103 cm³/mol. The molecule has 0 spiro atoms. The molecule has 1 amide bonds. The number of aromatic nitrogens is 2. The fourth-order valence-electron chi connectivity index (χ4n) is 3.59. The maximum absolute atomic E-state index is 13.7. The number of methoxy groups -OCH3 is 1. The van der Waals surface area contributed by atoms with Gasteiger partial charge in [-0.25, -0.2) is 4.98 Å². The molecule has 1 aliphatic carbocycles. The second-order valence-corrected chi connectivity index (χ2v) is 7.21. The molecule has 0 radical (unpaired) electrons. The zero-order valence-corrected chi connectivity index (χ0v) is 16.0. The van der Waals surface area contributed by atoms with Gasteiger partial charge in [-0.15, -0.1) is 0 Å². The van der Waals surface area contributed by atoms with Crippen molar-refractivity contribution in [2.45, 2.75) is 39.7 Å². The maximum atomic E-state index is 13.7. The van der Waals surface area contributed by atoms with Gasteiger partial charge in [-0.05, 0) is 69.9 Å². The first kappa shape index (κ1) is 17.5. The molecule has 6 heteroatoms. The summed E-state index contributed by atoms with van der Waals surface area (Å²) >= 11 is 0. The molecular weight excluding hydrogens is 342 g/mol. The van der Waals surface area contributed by atoms with Crippen molar-refractivity contribution in [3.63, 3.8) is 0 Å². The highest BCUT2D eigenvalue weighted by Crippen LogP contribution is 2.38. The molecule has 2 heterocycles. The first-order chi connectivity index (χ1) is 13.0. The minimum absolute atomic E-state index is 0.0543. The Labute approximate surface area is 158 Å². The highest BCUT2D eigenvalue weighted by Gasteiger charge is 2.36. The van der Waals surface area contributed by atoms with Crippen molar-refractivity contribution in [1.29, 1.82) is 0 Å². The van der Waals surface area contributed by atoms with Gasteiger partial charge in [0.25, 0.3) is 11.6 Å².